The number of aliphatic hydroxyl groups excluding tert-OH is 1. The van der Waals surface area contributed by atoms with Gasteiger partial charge in [0.05, 0.1) is 13.0 Å². The molecule has 34 nitrogen and oxygen atoms in total. The molecule has 5 aromatic rings. The predicted molar refractivity (Wildman–Crippen MR) is 440 cm³/mol. The Labute approximate surface area is 689 Å². The lowest BCUT2D eigenvalue weighted by Crippen LogP contribution is -2.61. The molecule has 2 aliphatic rings. The third-order valence-electron chi connectivity index (χ3n) is 19.5. The summed E-state index contributed by atoms with van der Waals surface area (Å²) in [6.07, 6.45) is 6.48. The number of imide groups is 1. The van der Waals surface area contributed by atoms with Crippen LogP contribution in [-0.2, 0) is 88.0 Å². The number of likely N-dealkylation sites (tertiary alicyclic amines) is 1. The highest BCUT2D eigenvalue weighted by molar-refractivity contribution is 6.30. The van der Waals surface area contributed by atoms with Crippen LogP contribution in [-0.4, -0.2) is 196 Å². The van der Waals surface area contributed by atoms with E-state index in [1.54, 1.807) is 57.2 Å². The van der Waals surface area contributed by atoms with Crippen molar-refractivity contribution in [2.45, 2.75) is 211 Å². The number of carbonyl (C=O) groups excluding carboxylic acids is 15. The first-order chi connectivity index (χ1) is 56.1. The second-order valence-electron chi connectivity index (χ2n) is 30.3. The van der Waals surface area contributed by atoms with Gasteiger partial charge in [0, 0.05) is 67.6 Å². The number of unbranched alkanes of at least 4 members (excludes halogenated alkanes) is 1. The number of aromatic nitrogens is 1. The number of nitrogens with two attached hydrogens (primary N) is 2. The number of halogens is 1. The van der Waals surface area contributed by atoms with E-state index in [2.05, 4.69) is 79.4 Å². The van der Waals surface area contributed by atoms with E-state index in [9.17, 15) is 67.4 Å². The van der Waals surface area contributed by atoms with Gasteiger partial charge in [0.1, 0.15) is 66.5 Å². The van der Waals surface area contributed by atoms with Crippen LogP contribution in [0.1, 0.15) is 135 Å². The van der Waals surface area contributed by atoms with Gasteiger partial charge in [-0.1, -0.05) is 124 Å². The molecule has 2 saturated heterocycles. The second kappa shape index (κ2) is 45.9. The van der Waals surface area contributed by atoms with Crippen LogP contribution >= 0.6 is 11.6 Å². The smallest absolute Gasteiger partial charge is 0.322 e. The van der Waals surface area contributed by atoms with Crippen LogP contribution in [0.5, 0.6) is 0 Å². The van der Waals surface area contributed by atoms with Gasteiger partial charge in [0.2, 0.25) is 70.9 Å². The molecule has 2 fully saturated rings. The van der Waals surface area contributed by atoms with Crippen LogP contribution < -0.4 is 85.9 Å². The van der Waals surface area contributed by atoms with Gasteiger partial charge >= 0.3 is 12.1 Å². The summed E-state index contributed by atoms with van der Waals surface area (Å²) in [5.74, 6) is -10.8. The number of primary amides is 2. The summed E-state index contributed by atoms with van der Waals surface area (Å²) in [5, 5.41) is 50.6. The number of benzene rings is 4. The molecule has 2 unspecified atom stereocenters. The van der Waals surface area contributed by atoms with Gasteiger partial charge < -0.3 is 90.6 Å². The topological polar surface area (TPSA) is 513 Å². The number of anilines is 1. The largest absolute Gasteiger partial charge is 0.394 e. The zero-order chi connectivity index (χ0) is 86.3. The van der Waals surface area contributed by atoms with Gasteiger partial charge in [-0.05, 0) is 160 Å². The molecule has 0 aliphatic carbocycles. The molecule has 35 heteroatoms. The lowest BCUT2D eigenvalue weighted by Gasteiger charge is -2.31. The van der Waals surface area contributed by atoms with Crippen molar-refractivity contribution < 1.29 is 77.0 Å². The molecule has 2 aliphatic heterocycles. The quantitative estimate of drug-likeness (QED) is 0.0151. The van der Waals surface area contributed by atoms with Crippen molar-refractivity contribution in [3.8, 4) is 0 Å². The van der Waals surface area contributed by atoms with Crippen molar-refractivity contribution in [3.63, 3.8) is 0 Å². The van der Waals surface area contributed by atoms with E-state index >= 15 is 9.59 Å². The molecule has 17 amide bonds. The van der Waals surface area contributed by atoms with Crippen LogP contribution in [0.25, 0.3) is 10.8 Å². The van der Waals surface area contributed by atoms with E-state index in [1.165, 1.54) is 74.5 Å². The van der Waals surface area contributed by atoms with Crippen molar-refractivity contribution >= 4 is 117 Å². The zero-order valence-electron chi connectivity index (χ0n) is 67.4. The Kier molecular flexibility index (Phi) is 36.2. The molecule has 0 saturated carbocycles. The number of carbonyl (C=O) groups is 15. The Hall–Kier alpha value is -12.2. The number of fused-ring (bicyclic) bond motifs is 1. The monoisotopic (exact) mass is 1650 g/mol. The number of allylic oxidation sites excluding steroid dienone is 3. The second-order valence-corrected chi connectivity index (χ2v) is 30.7. The van der Waals surface area contributed by atoms with Gasteiger partial charge in [-0.3, -0.25) is 72.6 Å². The number of amides is 17. The SMILES string of the molecule is CC(=O)N[C@H](CCc1ccc2ccccc2c1)C(=O)N[C@H](Cc1ccc(Cl)cc1)C(=O)NC(Cc1cccnc1)C(=O)N[C@@H](CO)C(=O)N[C@@H](Cc1ccc(NC(=O)CC2NC(=O)NC2=O)cc1)C(=O)N[C@H](C/C(C)=C/C=C(\C)NC(N)=O)C(=O)N[C@@H](CC(C)C)C(=O)N[C@@H](CCCCNC(C)C)C(=O)N1CCC[C@H]1C(=O)N[C@H](C)C(N)=O. The van der Waals surface area contributed by atoms with Gasteiger partial charge in [-0.25, -0.2) is 9.59 Å². The Morgan fingerprint density at radius 3 is 1.74 bits per heavy atom. The first-order valence-corrected chi connectivity index (χ1v) is 39.7. The molecule has 4 aromatic carbocycles. The zero-order valence-corrected chi connectivity index (χ0v) is 68.2. The number of nitrogens with one attached hydrogen (secondary N) is 14. The molecule has 118 heavy (non-hydrogen) atoms. The summed E-state index contributed by atoms with van der Waals surface area (Å²) in [6, 6.07) is 12.2. The van der Waals surface area contributed by atoms with Crippen LogP contribution in [0.3, 0.4) is 0 Å². The summed E-state index contributed by atoms with van der Waals surface area (Å²) >= 11 is 6.27. The van der Waals surface area contributed by atoms with Crippen molar-refractivity contribution in [1.82, 2.24) is 79.0 Å². The number of nitrogens with zero attached hydrogens (tertiary/aromatic N) is 2. The number of aryl methyl sites for hydroxylation is 1. The third kappa shape index (κ3) is 30.5. The summed E-state index contributed by atoms with van der Waals surface area (Å²) in [6.45, 7) is 12.9. The fourth-order valence-electron chi connectivity index (χ4n) is 13.3. The number of hydrogen-bond acceptors (Lipinski definition) is 18. The highest BCUT2D eigenvalue weighted by Crippen LogP contribution is 2.23. The summed E-state index contributed by atoms with van der Waals surface area (Å²) in [7, 11) is 0. The fourth-order valence-corrected chi connectivity index (χ4v) is 13.5. The highest BCUT2D eigenvalue weighted by Gasteiger charge is 2.41. The van der Waals surface area contributed by atoms with Crippen molar-refractivity contribution in [3.05, 3.63) is 166 Å². The molecule has 19 N–H and O–H groups in total. The average molecular weight is 1650 g/mol. The molecule has 0 radical (unpaired) electrons. The molecule has 634 valence electrons. The van der Waals surface area contributed by atoms with E-state index < -0.39 is 175 Å². The lowest BCUT2D eigenvalue weighted by molar-refractivity contribution is -0.142. The minimum atomic E-state index is -1.92. The molecule has 0 bridgehead atoms. The van der Waals surface area contributed by atoms with E-state index in [0.29, 0.717) is 59.5 Å². The fraction of sp³-hybridized carbons (Fsp3) is 0.446. The van der Waals surface area contributed by atoms with E-state index in [-0.39, 0.29) is 74.8 Å². The molecular formula is C83H109ClN18O16. The van der Waals surface area contributed by atoms with Crippen LogP contribution in [0.15, 0.2) is 139 Å². The maximum atomic E-state index is 15.4. The summed E-state index contributed by atoms with van der Waals surface area (Å²) in [4.78, 5) is 213. The summed E-state index contributed by atoms with van der Waals surface area (Å²) < 4.78 is 0. The third-order valence-corrected chi connectivity index (χ3v) is 19.8. The molecule has 7 rings (SSSR count). The van der Waals surface area contributed by atoms with Crippen LogP contribution in [0.4, 0.5) is 15.3 Å². The Morgan fingerprint density at radius 2 is 1.16 bits per heavy atom. The standard InChI is InChI=1S/C83H109ClN18O16/c1-46(2)37-62(73(108)93-61(18-11-12-35-88-47(3)4)81(116)102-36-14-19-69(102)80(115)90-50(7)71(85)106)94-74(109)63(38-48(5)20-21-49(6)89-82(86)117)95-75(110)65(41-54-25-31-59(32-26-54)92-70(105)43-67-78(113)101-83(118)100-67)98-79(114)68(45-103)99-77(112)66(42-55-15-13-34-87-44-55)97-76(111)64(40-53-23-29-58(84)30-24-53)96-72(107)60(91-51(8)104)33-27-52-22-28-56-16-9-10-17-57(56)39-52/h9-10,13,15-17,20-26,28-32,34,39,44,46-47,50,60-69,88,103H,11-12,14,18-19,27,33,35-38,40-43,45H2,1-8H3,(H2,85,106)(H,90,115)(H,91,104)(H,92,105)(H,93,108)(H,94,109)(H,95,110)(H,96,107)(H,97,111)(H,98,114)(H,99,112)(H3,86,89,117)(H2,100,101,113,118)/b48-20+,49-21+/t50-,60-,61+,62+,63-,64-,65+,66?,67?,68+,69+/m1/s1. The minimum Gasteiger partial charge on any atom is -0.394 e. The first-order valence-electron chi connectivity index (χ1n) is 39.3. The molecule has 11 atom stereocenters. The van der Waals surface area contributed by atoms with Crippen LogP contribution in [0, 0.1) is 5.92 Å². The molecule has 1 aromatic heterocycles. The maximum Gasteiger partial charge on any atom is 0.322 e. The molecular weight excluding hydrogens is 1540 g/mol. The Morgan fingerprint density at radius 1 is 0.602 bits per heavy atom. The Balaban J connectivity index is 1.20. The number of urea groups is 2. The van der Waals surface area contributed by atoms with Gasteiger partial charge in [-0.15, -0.1) is 0 Å². The molecule has 0 spiro atoms. The first kappa shape index (κ1) is 93.0. The van der Waals surface area contributed by atoms with Crippen molar-refractivity contribution in [1.29, 1.82) is 0 Å². The van der Waals surface area contributed by atoms with Crippen molar-refractivity contribution in [2.75, 3.05) is 25.0 Å². The Bertz CT molecular complexity index is 4470. The highest BCUT2D eigenvalue weighted by atomic mass is 35.5. The predicted octanol–water partition coefficient (Wildman–Crippen LogP) is 2.08. The number of hydrogen-bond donors (Lipinski definition) is 17. The number of rotatable bonds is 44. The number of pyridine rings is 1. The number of aliphatic hydroxyl groups is 1. The lowest BCUT2D eigenvalue weighted by atomic mass is 9.99. The average Bonchev–Trinajstić information content (AvgIpc) is 1.62. The van der Waals surface area contributed by atoms with Gasteiger partial charge in [0.15, 0.2) is 0 Å². The minimum absolute atomic E-state index is 0.0237. The summed E-state index contributed by atoms with van der Waals surface area (Å²) in [5.41, 5.74) is 13.8. The van der Waals surface area contributed by atoms with Crippen molar-refractivity contribution in [2.24, 2.45) is 17.4 Å². The van der Waals surface area contributed by atoms with E-state index in [0.717, 1.165) is 16.3 Å². The molecule has 3 heterocycles. The van der Waals surface area contributed by atoms with Gasteiger partial charge in [0.25, 0.3) is 5.91 Å². The van der Waals surface area contributed by atoms with E-state index in [4.69, 9.17) is 23.1 Å². The van der Waals surface area contributed by atoms with Gasteiger partial charge in [-0.2, -0.15) is 0 Å². The van der Waals surface area contributed by atoms with E-state index in [1.807, 2.05) is 56.3 Å². The normalized spacial score (nSPS) is 16.4. The van der Waals surface area contributed by atoms with Crippen LogP contribution in [0.2, 0.25) is 5.02 Å². The maximum absolute atomic E-state index is 15.4.